The number of carbonyl (C=O) groups is 1. The lowest BCUT2D eigenvalue weighted by molar-refractivity contribution is -0.114. The molecule has 3 aromatic carbocycles. The molecule has 0 saturated heterocycles. The largest absolute Gasteiger partial charge is 0.318 e. The summed E-state index contributed by atoms with van der Waals surface area (Å²) in [5, 5.41) is 3.09. The fourth-order valence-corrected chi connectivity index (χ4v) is 5.77. The number of halogens is 1. The van der Waals surface area contributed by atoms with Crippen molar-refractivity contribution in [3.8, 4) is 5.69 Å². The number of nitrogens with zero attached hydrogens (tertiary/aromatic N) is 3. The maximum absolute atomic E-state index is 13.7. The molecule has 4 aromatic rings. The molecule has 0 fully saturated rings. The lowest BCUT2D eigenvalue weighted by Gasteiger charge is -2.25. The van der Waals surface area contributed by atoms with E-state index in [0.717, 1.165) is 9.87 Å². The highest BCUT2D eigenvalue weighted by Gasteiger charge is 2.29. The number of hydrogen-bond donors (Lipinski definition) is 1. The van der Waals surface area contributed by atoms with Crippen molar-refractivity contribution in [2.75, 3.05) is 16.2 Å². The summed E-state index contributed by atoms with van der Waals surface area (Å²) in [6, 6.07) is 20.2. The van der Waals surface area contributed by atoms with E-state index in [4.69, 9.17) is 11.6 Å². The minimum atomic E-state index is -4.12. The van der Waals surface area contributed by atoms with E-state index in [1.807, 2.05) is 25.1 Å². The Kier molecular flexibility index (Phi) is 7.29. The molecule has 1 N–H and O–H groups in total. The number of rotatable bonds is 7. The first-order chi connectivity index (χ1) is 17.5. The zero-order chi connectivity index (χ0) is 26.9. The van der Waals surface area contributed by atoms with E-state index in [2.05, 4.69) is 5.32 Å². The molecule has 0 spiro atoms. The first-order valence-corrected chi connectivity index (χ1v) is 13.3. The van der Waals surface area contributed by atoms with E-state index in [0.29, 0.717) is 27.7 Å². The van der Waals surface area contributed by atoms with Crippen LogP contribution in [0.25, 0.3) is 5.69 Å². The Morgan fingerprint density at radius 1 is 0.973 bits per heavy atom. The number of aromatic nitrogens is 2. The number of nitrogens with one attached hydrogen (secondary N) is 1. The molecule has 37 heavy (non-hydrogen) atoms. The minimum Gasteiger partial charge on any atom is -0.318 e. The van der Waals surface area contributed by atoms with Gasteiger partial charge in [0.1, 0.15) is 12.2 Å². The van der Waals surface area contributed by atoms with Crippen molar-refractivity contribution in [2.24, 2.45) is 7.05 Å². The summed E-state index contributed by atoms with van der Waals surface area (Å²) in [6.45, 7) is 4.74. The summed E-state index contributed by atoms with van der Waals surface area (Å²) in [5.74, 6) is -0.656. The molecule has 0 unspecified atom stereocenters. The molecule has 4 rings (SSSR count). The van der Waals surface area contributed by atoms with Gasteiger partial charge in [0.05, 0.1) is 22.0 Å². The topological polar surface area (TPSA) is 93.4 Å². The van der Waals surface area contributed by atoms with Crippen molar-refractivity contribution >= 4 is 38.9 Å². The number of anilines is 2. The van der Waals surface area contributed by atoms with Crippen LogP contribution in [0.3, 0.4) is 0 Å². The predicted octanol–water partition coefficient (Wildman–Crippen LogP) is 4.59. The second-order valence-corrected chi connectivity index (χ2v) is 11.0. The molecular weight excluding hydrogens is 512 g/mol. The molecule has 0 radical (unpaired) electrons. The van der Waals surface area contributed by atoms with Gasteiger partial charge in [0.25, 0.3) is 15.6 Å². The molecule has 0 aliphatic heterocycles. The van der Waals surface area contributed by atoms with Crippen LogP contribution in [0, 0.1) is 20.8 Å². The normalized spacial score (nSPS) is 11.4. The summed E-state index contributed by atoms with van der Waals surface area (Å²) in [4.78, 5) is 26.5. The second kappa shape index (κ2) is 10.3. The van der Waals surface area contributed by atoms with Gasteiger partial charge in [0.15, 0.2) is 0 Å². The monoisotopic (exact) mass is 538 g/mol. The Morgan fingerprint density at radius 2 is 1.62 bits per heavy atom. The van der Waals surface area contributed by atoms with Gasteiger partial charge in [0, 0.05) is 12.1 Å². The van der Waals surface area contributed by atoms with E-state index < -0.39 is 28.0 Å². The van der Waals surface area contributed by atoms with Gasteiger partial charge in [-0.1, -0.05) is 47.5 Å². The van der Waals surface area contributed by atoms with Gasteiger partial charge < -0.3 is 5.32 Å². The standard InChI is InChI=1S/C27H27ClN4O4S/c1-18-10-13-23(14-11-18)37(35,36)31(24-15-12-21(28)16-19(24)2)17-25(33)29-26-20(3)30(4)32(27(26)34)22-8-6-5-7-9-22/h5-16H,17H2,1-4H3,(H,29,33). The molecule has 192 valence electrons. The van der Waals surface area contributed by atoms with Crippen molar-refractivity contribution in [1.29, 1.82) is 0 Å². The molecule has 1 heterocycles. The summed E-state index contributed by atoms with van der Waals surface area (Å²) < 4.78 is 31.5. The summed E-state index contributed by atoms with van der Waals surface area (Å²) >= 11 is 6.10. The van der Waals surface area contributed by atoms with Crippen molar-refractivity contribution in [3.63, 3.8) is 0 Å². The van der Waals surface area contributed by atoms with Crippen LogP contribution in [-0.2, 0) is 21.9 Å². The third kappa shape index (κ3) is 5.19. The van der Waals surface area contributed by atoms with E-state index >= 15 is 0 Å². The Balaban J connectivity index is 1.72. The highest BCUT2D eigenvalue weighted by atomic mass is 35.5. The Hall–Kier alpha value is -3.82. The van der Waals surface area contributed by atoms with Crippen molar-refractivity contribution in [2.45, 2.75) is 25.7 Å². The Bertz CT molecular complexity index is 1630. The number of carbonyl (C=O) groups excluding carboxylic acids is 1. The molecule has 0 aliphatic carbocycles. The number of aryl methyl sites for hydroxylation is 2. The van der Waals surface area contributed by atoms with E-state index in [9.17, 15) is 18.0 Å². The van der Waals surface area contributed by atoms with Crippen molar-refractivity contribution in [3.05, 3.63) is 105 Å². The molecule has 8 nitrogen and oxygen atoms in total. The highest BCUT2D eigenvalue weighted by molar-refractivity contribution is 7.92. The average Bonchev–Trinajstić information content (AvgIpc) is 3.06. The van der Waals surface area contributed by atoms with Crippen molar-refractivity contribution in [1.82, 2.24) is 9.36 Å². The average molecular weight is 539 g/mol. The lowest BCUT2D eigenvalue weighted by Crippen LogP contribution is -2.39. The van der Waals surface area contributed by atoms with Crippen LogP contribution in [0.5, 0.6) is 0 Å². The van der Waals surface area contributed by atoms with Crippen molar-refractivity contribution < 1.29 is 13.2 Å². The first kappa shape index (κ1) is 26.2. The fraction of sp³-hybridized carbons (Fsp3) is 0.185. The first-order valence-electron chi connectivity index (χ1n) is 11.5. The van der Waals surface area contributed by atoms with Gasteiger partial charge in [-0.2, -0.15) is 0 Å². The maximum Gasteiger partial charge on any atom is 0.295 e. The number of amides is 1. The van der Waals surface area contributed by atoms with Crippen LogP contribution in [0.2, 0.25) is 5.02 Å². The van der Waals surface area contributed by atoms with Crippen LogP contribution in [0.15, 0.2) is 82.5 Å². The SMILES string of the molecule is Cc1ccc(S(=O)(=O)N(CC(=O)Nc2c(C)n(C)n(-c3ccccc3)c2=O)c2ccc(Cl)cc2C)cc1. The molecule has 0 aliphatic rings. The van der Waals surface area contributed by atoms with Crippen LogP contribution in [0.4, 0.5) is 11.4 Å². The number of sulfonamides is 1. The van der Waals surface area contributed by atoms with E-state index in [1.165, 1.54) is 16.8 Å². The van der Waals surface area contributed by atoms with Gasteiger partial charge >= 0.3 is 0 Å². The molecule has 1 amide bonds. The van der Waals surface area contributed by atoms with Gasteiger partial charge in [-0.15, -0.1) is 0 Å². The highest BCUT2D eigenvalue weighted by Crippen LogP contribution is 2.29. The maximum atomic E-state index is 13.7. The third-order valence-corrected chi connectivity index (χ3v) is 8.15. The van der Waals surface area contributed by atoms with Crippen LogP contribution in [0.1, 0.15) is 16.8 Å². The van der Waals surface area contributed by atoms with E-state index in [-0.39, 0.29) is 10.6 Å². The van der Waals surface area contributed by atoms with Gasteiger partial charge in [-0.25, -0.2) is 13.1 Å². The van der Waals surface area contributed by atoms with Crippen LogP contribution < -0.4 is 15.2 Å². The summed E-state index contributed by atoms with van der Waals surface area (Å²) in [5.41, 5.74) is 2.62. The van der Waals surface area contributed by atoms with Gasteiger partial charge in [-0.05, 0) is 68.8 Å². The quantitative estimate of drug-likeness (QED) is 0.372. The fourth-order valence-electron chi connectivity index (χ4n) is 4.06. The Labute approximate surface area is 220 Å². The molecule has 0 saturated carbocycles. The zero-order valence-electron chi connectivity index (χ0n) is 20.9. The summed E-state index contributed by atoms with van der Waals surface area (Å²) in [7, 11) is -2.41. The smallest absolute Gasteiger partial charge is 0.295 e. The minimum absolute atomic E-state index is 0.0441. The number of hydrogen-bond acceptors (Lipinski definition) is 4. The molecule has 10 heteroatoms. The van der Waals surface area contributed by atoms with Gasteiger partial charge in [-0.3, -0.25) is 18.6 Å². The summed E-state index contributed by atoms with van der Waals surface area (Å²) in [6.07, 6.45) is 0. The molecule has 0 atom stereocenters. The van der Waals surface area contributed by atoms with Gasteiger partial charge in [0.2, 0.25) is 5.91 Å². The molecule has 0 bridgehead atoms. The Morgan fingerprint density at radius 3 is 2.24 bits per heavy atom. The second-order valence-electron chi connectivity index (χ2n) is 8.74. The van der Waals surface area contributed by atoms with Crippen LogP contribution >= 0.6 is 11.6 Å². The lowest BCUT2D eigenvalue weighted by atomic mass is 10.2. The number of para-hydroxylation sites is 1. The predicted molar refractivity (Wildman–Crippen MR) is 146 cm³/mol. The van der Waals surface area contributed by atoms with Crippen LogP contribution in [-0.4, -0.2) is 30.2 Å². The zero-order valence-corrected chi connectivity index (χ0v) is 22.5. The molecular formula is C27H27ClN4O4S. The number of benzene rings is 3. The van der Waals surface area contributed by atoms with E-state index in [1.54, 1.807) is 68.0 Å². The molecule has 1 aromatic heterocycles. The third-order valence-electron chi connectivity index (χ3n) is 6.14.